The Bertz CT molecular complexity index is 899. The van der Waals surface area contributed by atoms with E-state index in [4.69, 9.17) is 9.47 Å². The van der Waals surface area contributed by atoms with Crippen LogP contribution in [0.3, 0.4) is 0 Å². The van der Waals surface area contributed by atoms with Crippen LogP contribution in [0.5, 0.6) is 0 Å². The lowest BCUT2D eigenvalue weighted by atomic mass is 9.68. The van der Waals surface area contributed by atoms with Crippen LogP contribution in [0.25, 0.3) is 0 Å². The van der Waals surface area contributed by atoms with Gasteiger partial charge in [-0.2, -0.15) is 0 Å². The monoisotopic (exact) mass is 414 g/mol. The van der Waals surface area contributed by atoms with Gasteiger partial charge in [-0.25, -0.2) is 0 Å². The molecule has 1 N–H and O–H groups in total. The predicted octanol–water partition coefficient (Wildman–Crippen LogP) is 1.63. The molecule has 2 saturated heterocycles. The fourth-order valence-corrected chi connectivity index (χ4v) is 5.32. The molecular weight excluding hydrogens is 388 g/mol. The van der Waals surface area contributed by atoms with Crippen LogP contribution in [-0.2, 0) is 34.1 Å². The number of hydrogen-bond donors (Lipinski definition) is 1. The van der Waals surface area contributed by atoms with E-state index in [-0.39, 0.29) is 37.9 Å². The summed E-state index contributed by atoms with van der Waals surface area (Å²) in [4.78, 5) is 53.1. The molecule has 8 nitrogen and oxygen atoms in total. The molecule has 3 heterocycles. The number of esters is 2. The van der Waals surface area contributed by atoms with Gasteiger partial charge < -0.3 is 19.7 Å². The highest BCUT2D eigenvalue weighted by atomic mass is 16.5. The molecule has 2 fully saturated rings. The molecule has 0 saturated carbocycles. The number of carbonyl (C=O) groups is 4. The molecule has 30 heavy (non-hydrogen) atoms. The Labute approximate surface area is 174 Å². The smallest absolute Gasteiger partial charge is 0.309 e. The van der Waals surface area contributed by atoms with Crippen LogP contribution < -0.4 is 5.32 Å². The van der Waals surface area contributed by atoms with Gasteiger partial charge in [-0.3, -0.25) is 19.2 Å². The van der Waals surface area contributed by atoms with Crippen LogP contribution in [-0.4, -0.2) is 54.5 Å². The Balaban J connectivity index is 1.71. The molecular formula is C22H26N2O6. The lowest BCUT2D eigenvalue weighted by Crippen LogP contribution is -2.57. The first-order chi connectivity index (χ1) is 14.4. The van der Waals surface area contributed by atoms with E-state index < -0.39 is 35.2 Å². The summed E-state index contributed by atoms with van der Waals surface area (Å²) < 4.78 is 10.3. The van der Waals surface area contributed by atoms with E-state index in [2.05, 4.69) is 5.32 Å². The van der Waals surface area contributed by atoms with Crippen molar-refractivity contribution in [3.8, 4) is 0 Å². The molecule has 0 radical (unpaired) electrons. The van der Waals surface area contributed by atoms with Crippen molar-refractivity contribution in [2.75, 3.05) is 25.1 Å². The highest BCUT2D eigenvalue weighted by Crippen LogP contribution is 2.52. The second kappa shape index (κ2) is 7.74. The molecule has 3 aliphatic rings. The number of para-hydroxylation sites is 1. The van der Waals surface area contributed by atoms with Crippen molar-refractivity contribution in [2.45, 2.75) is 44.6 Å². The predicted molar refractivity (Wildman–Crippen MR) is 106 cm³/mol. The van der Waals surface area contributed by atoms with Gasteiger partial charge in [0.2, 0.25) is 11.8 Å². The Morgan fingerprint density at radius 2 is 1.90 bits per heavy atom. The molecule has 3 aliphatic heterocycles. The lowest BCUT2D eigenvalue weighted by Gasteiger charge is -2.43. The van der Waals surface area contributed by atoms with E-state index in [0.29, 0.717) is 13.0 Å². The van der Waals surface area contributed by atoms with E-state index in [0.717, 1.165) is 11.3 Å². The first kappa shape index (κ1) is 20.4. The summed E-state index contributed by atoms with van der Waals surface area (Å²) in [5, 5.41) is 2.94. The topological polar surface area (TPSA) is 102 Å². The zero-order valence-electron chi connectivity index (χ0n) is 17.2. The van der Waals surface area contributed by atoms with Gasteiger partial charge in [0, 0.05) is 12.2 Å². The normalized spacial score (nSPS) is 29.4. The Hall–Kier alpha value is -2.90. The average molecular weight is 414 g/mol. The minimum atomic E-state index is -0.883. The molecule has 0 unspecified atom stereocenters. The van der Waals surface area contributed by atoms with Crippen LogP contribution in [0.1, 0.15) is 38.7 Å². The lowest BCUT2D eigenvalue weighted by molar-refractivity contribution is -0.165. The van der Waals surface area contributed by atoms with Crippen molar-refractivity contribution >= 4 is 29.4 Å². The maximum Gasteiger partial charge on any atom is 0.309 e. The summed E-state index contributed by atoms with van der Waals surface area (Å²) >= 11 is 0. The number of nitrogens with zero attached hydrogens (tertiary/aromatic N) is 1. The SMILES string of the molecule is CCOC(=O)C[C@@H]1C(=O)N2CC[C@@]3(C(=O)Nc4ccccc43)[C@@H]2C[C@@H]1C(=O)OCC. The van der Waals surface area contributed by atoms with Gasteiger partial charge in [-0.05, 0) is 38.3 Å². The molecule has 4 atom stereocenters. The summed E-state index contributed by atoms with van der Waals surface area (Å²) in [5.74, 6) is -3.08. The zero-order valence-corrected chi connectivity index (χ0v) is 17.2. The Morgan fingerprint density at radius 3 is 2.63 bits per heavy atom. The third-order valence-electron chi connectivity index (χ3n) is 6.60. The molecule has 0 aromatic heterocycles. The number of amides is 2. The number of carbonyl (C=O) groups excluding carboxylic acids is 4. The van der Waals surface area contributed by atoms with Gasteiger partial charge in [-0.15, -0.1) is 0 Å². The Morgan fingerprint density at radius 1 is 1.17 bits per heavy atom. The molecule has 0 aliphatic carbocycles. The number of ether oxygens (including phenoxy) is 2. The number of rotatable bonds is 5. The van der Waals surface area contributed by atoms with Gasteiger partial charge in [0.05, 0.1) is 42.9 Å². The minimum absolute atomic E-state index is 0.143. The summed E-state index contributed by atoms with van der Waals surface area (Å²) in [6.07, 6.45) is 0.583. The number of hydrogen-bond acceptors (Lipinski definition) is 6. The fourth-order valence-electron chi connectivity index (χ4n) is 5.32. The first-order valence-electron chi connectivity index (χ1n) is 10.5. The summed E-state index contributed by atoms with van der Waals surface area (Å²) in [6, 6.07) is 7.03. The van der Waals surface area contributed by atoms with Crippen molar-refractivity contribution in [3.63, 3.8) is 0 Å². The highest BCUT2D eigenvalue weighted by Gasteiger charge is 2.62. The van der Waals surface area contributed by atoms with Crippen molar-refractivity contribution in [3.05, 3.63) is 29.8 Å². The van der Waals surface area contributed by atoms with E-state index >= 15 is 0 Å². The van der Waals surface area contributed by atoms with Gasteiger partial charge in [0.25, 0.3) is 0 Å². The van der Waals surface area contributed by atoms with E-state index in [1.54, 1.807) is 18.7 Å². The quantitative estimate of drug-likeness (QED) is 0.735. The van der Waals surface area contributed by atoms with Gasteiger partial charge in [-0.1, -0.05) is 18.2 Å². The molecule has 1 spiro atoms. The molecule has 1 aromatic rings. The molecule has 4 rings (SSSR count). The van der Waals surface area contributed by atoms with Crippen LogP contribution in [0.2, 0.25) is 0 Å². The fraction of sp³-hybridized carbons (Fsp3) is 0.545. The number of nitrogens with one attached hydrogen (secondary N) is 1. The van der Waals surface area contributed by atoms with Crippen LogP contribution in [0.15, 0.2) is 24.3 Å². The summed E-state index contributed by atoms with van der Waals surface area (Å²) in [6.45, 7) is 4.18. The zero-order chi connectivity index (χ0) is 21.5. The second-order valence-electron chi connectivity index (χ2n) is 7.98. The third kappa shape index (κ3) is 2.97. The van der Waals surface area contributed by atoms with Gasteiger partial charge >= 0.3 is 11.9 Å². The number of piperidine rings is 1. The van der Waals surface area contributed by atoms with Crippen molar-refractivity contribution in [2.24, 2.45) is 11.8 Å². The third-order valence-corrected chi connectivity index (χ3v) is 6.60. The molecule has 1 aromatic carbocycles. The maximum absolute atomic E-state index is 13.4. The first-order valence-corrected chi connectivity index (χ1v) is 10.5. The van der Waals surface area contributed by atoms with Crippen molar-refractivity contribution in [1.29, 1.82) is 0 Å². The number of benzene rings is 1. The van der Waals surface area contributed by atoms with E-state index in [1.165, 1.54) is 0 Å². The Kier molecular flexibility index (Phi) is 5.26. The standard InChI is InChI=1S/C22H26N2O6/c1-3-29-18(25)12-13-14(20(27)30-4-2)11-17-22(9-10-24(17)19(13)26)15-7-5-6-8-16(15)23-21(22)28/h5-8,13-14,17H,3-4,9-12H2,1-2H3,(H,23,28)/t13-,14-,17-,22-/m0/s1. The largest absolute Gasteiger partial charge is 0.466 e. The second-order valence-corrected chi connectivity index (χ2v) is 7.98. The van der Waals surface area contributed by atoms with Gasteiger partial charge in [0.15, 0.2) is 0 Å². The molecule has 0 bridgehead atoms. The minimum Gasteiger partial charge on any atom is -0.466 e. The summed E-state index contributed by atoms with van der Waals surface area (Å²) in [5.41, 5.74) is 0.728. The maximum atomic E-state index is 13.4. The molecule has 8 heteroatoms. The van der Waals surface area contributed by atoms with Crippen molar-refractivity contribution < 1.29 is 28.7 Å². The summed E-state index contributed by atoms with van der Waals surface area (Å²) in [7, 11) is 0. The number of fused-ring (bicyclic) bond motifs is 4. The van der Waals surface area contributed by atoms with Crippen LogP contribution >= 0.6 is 0 Å². The van der Waals surface area contributed by atoms with E-state index in [9.17, 15) is 19.2 Å². The van der Waals surface area contributed by atoms with Crippen molar-refractivity contribution in [1.82, 2.24) is 4.90 Å². The number of anilines is 1. The van der Waals surface area contributed by atoms with Crippen LogP contribution in [0.4, 0.5) is 5.69 Å². The molecule has 160 valence electrons. The molecule has 2 amide bonds. The van der Waals surface area contributed by atoms with Gasteiger partial charge in [0.1, 0.15) is 0 Å². The highest BCUT2D eigenvalue weighted by molar-refractivity contribution is 6.08. The van der Waals surface area contributed by atoms with Crippen LogP contribution in [0, 0.1) is 11.8 Å². The van der Waals surface area contributed by atoms with E-state index in [1.807, 2.05) is 24.3 Å². The average Bonchev–Trinajstić information content (AvgIpc) is 3.24.